The normalized spacial score (nSPS) is 28.2. The fraction of sp³-hybridized carbons (Fsp3) is 0.571. The van der Waals surface area contributed by atoms with Gasteiger partial charge in [-0.25, -0.2) is 0 Å². The zero-order valence-electron chi connectivity index (χ0n) is 10.6. The van der Waals surface area contributed by atoms with Crippen molar-refractivity contribution >= 4 is 44.8 Å². The first kappa shape index (κ1) is 14.5. The SMILES string of the molecule is CC1CCCC(C)C1Nc1c(Cl)cc(Br)cc1Cl. The van der Waals surface area contributed by atoms with Crippen molar-refractivity contribution in [1.29, 1.82) is 0 Å². The van der Waals surface area contributed by atoms with Crippen molar-refractivity contribution in [2.24, 2.45) is 11.8 Å². The van der Waals surface area contributed by atoms with Gasteiger partial charge in [-0.1, -0.05) is 59.4 Å². The minimum Gasteiger partial charge on any atom is -0.379 e. The second-order valence-electron chi connectivity index (χ2n) is 5.30. The summed E-state index contributed by atoms with van der Waals surface area (Å²) in [6, 6.07) is 4.22. The molecule has 4 heteroatoms. The Hall–Kier alpha value is 0.0800. The Morgan fingerprint density at radius 1 is 1.11 bits per heavy atom. The molecule has 1 aromatic carbocycles. The van der Waals surface area contributed by atoms with Crippen LogP contribution >= 0.6 is 39.1 Å². The van der Waals surface area contributed by atoms with Gasteiger partial charge in [0.25, 0.3) is 0 Å². The van der Waals surface area contributed by atoms with E-state index in [0.29, 0.717) is 27.9 Å². The van der Waals surface area contributed by atoms with Crippen LogP contribution in [0.1, 0.15) is 33.1 Å². The molecule has 0 bridgehead atoms. The van der Waals surface area contributed by atoms with E-state index in [2.05, 4.69) is 35.1 Å². The molecule has 100 valence electrons. The molecule has 0 amide bonds. The number of benzene rings is 1. The molecule has 0 aromatic heterocycles. The highest BCUT2D eigenvalue weighted by Gasteiger charge is 2.28. The highest BCUT2D eigenvalue weighted by Crippen LogP contribution is 2.38. The lowest BCUT2D eigenvalue weighted by atomic mass is 9.78. The van der Waals surface area contributed by atoms with Crippen LogP contribution < -0.4 is 5.32 Å². The number of nitrogens with one attached hydrogen (secondary N) is 1. The van der Waals surface area contributed by atoms with Crippen molar-refractivity contribution in [2.45, 2.75) is 39.2 Å². The van der Waals surface area contributed by atoms with Gasteiger partial charge in [-0.05, 0) is 36.8 Å². The van der Waals surface area contributed by atoms with Crippen molar-refractivity contribution < 1.29 is 0 Å². The topological polar surface area (TPSA) is 12.0 Å². The predicted octanol–water partition coefficient (Wildman–Crippen LogP) is 5.99. The summed E-state index contributed by atoms with van der Waals surface area (Å²) in [4.78, 5) is 0. The summed E-state index contributed by atoms with van der Waals surface area (Å²) in [6.07, 6.45) is 3.86. The third kappa shape index (κ3) is 3.15. The maximum atomic E-state index is 6.27. The molecular formula is C14H18BrCl2N. The molecule has 1 aromatic rings. The maximum absolute atomic E-state index is 6.27. The van der Waals surface area contributed by atoms with Crippen LogP contribution in [0.3, 0.4) is 0 Å². The van der Waals surface area contributed by atoms with Crippen LogP contribution in [0.2, 0.25) is 10.0 Å². The van der Waals surface area contributed by atoms with E-state index >= 15 is 0 Å². The van der Waals surface area contributed by atoms with E-state index in [1.54, 1.807) is 0 Å². The number of rotatable bonds is 2. The maximum Gasteiger partial charge on any atom is 0.0722 e. The zero-order chi connectivity index (χ0) is 13.3. The number of halogens is 3. The Morgan fingerprint density at radius 2 is 1.61 bits per heavy atom. The fourth-order valence-electron chi connectivity index (χ4n) is 2.81. The van der Waals surface area contributed by atoms with Crippen molar-refractivity contribution in [3.63, 3.8) is 0 Å². The minimum absolute atomic E-state index is 0.454. The molecule has 0 spiro atoms. The summed E-state index contributed by atoms with van der Waals surface area (Å²) < 4.78 is 0.910. The van der Waals surface area contributed by atoms with Gasteiger partial charge in [-0.3, -0.25) is 0 Å². The largest absolute Gasteiger partial charge is 0.379 e. The predicted molar refractivity (Wildman–Crippen MR) is 83.8 cm³/mol. The van der Waals surface area contributed by atoms with E-state index in [1.165, 1.54) is 19.3 Å². The first-order chi connectivity index (χ1) is 8.49. The molecule has 18 heavy (non-hydrogen) atoms. The van der Waals surface area contributed by atoms with Crippen LogP contribution in [0, 0.1) is 11.8 Å². The van der Waals surface area contributed by atoms with Crippen molar-refractivity contribution in [2.75, 3.05) is 5.32 Å². The van der Waals surface area contributed by atoms with Crippen LogP contribution in [-0.2, 0) is 0 Å². The molecule has 2 rings (SSSR count). The molecule has 0 aliphatic heterocycles. The summed E-state index contributed by atoms with van der Waals surface area (Å²) in [5.41, 5.74) is 0.868. The van der Waals surface area contributed by atoms with Crippen LogP contribution in [0.5, 0.6) is 0 Å². The Bertz CT molecular complexity index is 403. The van der Waals surface area contributed by atoms with Crippen LogP contribution in [0.25, 0.3) is 0 Å². The molecule has 0 saturated heterocycles. The van der Waals surface area contributed by atoms with Crippen molar-refractivity contribution in [1.82, 2.24) is 0 Å². The van der Waals surface area contributed by atoms with E-state index in [1.807, 2.05) is 12.1 Å². The molecule has 1 N–H and O–H groups in total. The molecule has 0 heterocycles. The van der Waals surface area contributed by atoms with Gasteiger partial charge in [0.1, 0.15) is 0 Å². The summed E-state index contributed by atoms with van der Waals surface area (Å²) in [5.74, 6) is 1.31. The molecule has 2 unspecified atom stereocenters. The lowest BCUT2D eigenvalue weighted by Crippen LogP contribution is -2.37. The average Bonchev–Trinajstić information content (AvgIpc) is 2.26. The first-order valence-electron chi connectivity index (χ1n) is 6.40. The standard InChI is InChI=1S/C14H18BrCl2N/c1-8-4-3-5-9(2)13(8)18-14-11(16)6-10(15)7-12(14)17/h6-9,13,18H,3-5H2,1-2H3. The molecule has 1 aliphatic rings. The molecular weight excluding hydrogens is 333 g/mol. The van der Waals surface area contributed by atoms with Gasteiger partial charge in [0.05, 0.1) is 15.7 Å². The second-order valence-corrected chi connectivity index (χ2v) is 7.03. The summed E-state index contributed by atoms with van der Waals surface area (Å²) in [6.45, 7) is 4.60. The Labute approximate surface area is 127 Å². The van der Waals surface area contributed by atoms with Crippen LogP contribution in [0.15, 0.2) is 16.6 Å². The van der Waals surface area contributed by atoms with E-state index in [-0.39, 0.29) is 0 Å². The second kappa shape index (κ2) is 6.02. The van der Waals surface area contributed by atoms with Gasteiger partial charge >= 0.3 is 0 Å². The van der Waals surface area contributed by atoms with E-state index in [9.17, 15) is 0 Å². The van der Waals surface area contributed by atoms with Gasteiger partial charge in [0.2, 0.25) is 0 Å². The first-order valence-corrected chi connectivity index (χ1v) is 7.95. The van der Waals surface area contributed by atoms with E-state index in [4.69, 9.17) is 23.2 Å². The molecule has 1 aliphatic carbocycles. The molecule has 1 saturated carbocycles. The monoisotopic (exact) mass is 349 g/mol. The van der Waals surface area contributed by atoms with Gasteiger partial charge in [0, 0.05) is 10.5 Å². The van der Waals surface area contributed by atoms with Gasteiger partial charge in [-0.2, -0.15) is 0 Å². The summed E-state index contributed by atoms with van der Waals surface area (Å²) in [7, 11) is 0. The Kier molecular flexibility index (Phi) is 4.85. The van der Waals surface area contributed by atoms with Gasteiger partial charge < -0.3 is 5.32 Å². The van der Waals surface area contributed by atoms with Crippen LogP contribution in [0.4, 0.5) is 5.69 Å². The van der Waals surface area contributed by atoms with Crippen molar-refractivity contribution in [3.05, 3.63) is 26.7 Å². The minimum atomic E-state index is 0.454. The third-order valence-electron chi connectivity index (χ3n) is 3.86. The van der Waals surface area contributed by atoms with E-state index in [0.717, 1.165) is 10.2 Å². The molecule has 1 nitrogen and oxygen atoms in total. The number of hydrogen-bond acceptors (Lipinski definition) is 1. The Balaban J connectivity index is 2.23. The molecule has 1 fully saturated rings. The quantitative estimate of drug-likeness (QED) is 0.690. The summed E-state index contributed by atoms with van der Waals surface area (Å²) >= 11 is 15.9. The van der Waals surface area contributed by atoms with E-state index < -0.39 is 0 Å². The highest BCUT2D eigenvalue weighted by atomic mass is 79.9. The number of hydrogen-bond donors (Lipinski definition) is 1. The highest BCUT2D eigenvalue weighted by molar-refractivity contribution is 9.10. The van der Waals surface area contributed by atoms with Crippen LogP contribution in [-0.4, -0.2) is 6.04 Å². The van der Waals surface area contributed by atoms with Crippen molar-refractivity contribution in [3.8, 4) is 0 Å². The number of anilines is 1. The third-order valence-corrected chi connectivity index (χ3v) is 4.92. The smallest absolute Gasteiger partial charge is 0.0722 e. The molecule has 2 atom stereocenters. The fourth-order valence-corrected chi connectivity index (χ4v) is 4.13. The average molecular weight is 351 g/mol. The van der Waals surface area contributed by atoms with Gasteiger partial charge in [-0.15, -0.1) is 0 Å². The lowest BCUT2D eigenvalue weighted by molar-refractivity contribution is 0.268. The molecule has 0 radical (unpaired) electrons. The summed E-state index contributed by atoms with van der Waals surface area (Å²) in [5, 5.41) is 4.92. The lowest BCUT2D eigenvalue weighted by Gasteiger charge is -2.36. The Morgan fingerprint density at radius 3 is 2.11 bits per heavy atom. The zero-order valence-corrected chi connectivity index (χ0v) is 13.7. The van der Waals surface area contributed by atoms with Gasteiger partial charge in [0.15, 0.2) is 0 Å².